The number of aromatic nitrogens is 3. The molecule has 9 nitrogen and oxygen atoms in total. The van der Waals surface area contributed by atoms with Gasteiger partial charge in [-0.25, -0.2) is 18.7 Å². The fourth-order valence-electron chi connectivity index (χ4n) is 5.19. The molecule has 1 amide bonds. The van der Waals surface area contributed by atoms with E-state index in [2.05, 4.69) is 20.3 Å². The van der Waals surface area contributed by atoms with E-state index in [4.69, 9.17) is 4.74 Å². The van der Waals surface area contributed by atoms with Gasteiger partial charge in [-0.15, -0.1) is 0 Å². The molecule has 0 aliphatic heterocycles. The maximum atomic E-state index is 13.1. The zero-order chi connectivity index (χ0) is 30.4. The van der Waals surface area contributed by atoms with Gasteiger partial charge in [-0.1, -0.05) is 0 Å². The second-order valence-corrected chi connectivity index (χ2v) is 11.1. The van der Waals surface area contributed by atoms with E-state index in [-0.39, 0.29) is 48.1 Å². The largest absolute Gasteiger partial charge is 0.465 e. The molecule has 2 N–H and O–H groups in total. The van der Waals surface area contributed by atoms with Crippen LogP contribution >= 0.6 is 0 Å². The summed E-state index contributed by atoms with van der Waals surface area (Å²) >= 11 is 0. The van der Waals surface area contributed by atoms with Gasteiger partial charge in [0.2, 0.25) is 5.91 Å². The quantitative estimate of drug-likeness (QED) is 0.299. The summed E-state index contributed by atoms with van der Waals surface area (Å²) in [5.74, 6) is 0.0127. The number of anilines is 2. The molecule has 1 atom stereocenters. The Hall–Kier alpha value is -3.99. The normalized spacial score (nSPS) is 18.3. The molecule has 0 radical (unpaired) electrons. The van der Waals surface area contributed by atoms with Crippen molar-refractivity contribution in [3.63, 3.8) is 0 Å². The van der Waals surface area contributed by atoms with Crippen LogP contribution in [0, 0.1) is 18.8 Å². The Bertz CT molecular complexity index is 1390. The standard InChI is InChI=1S/C31H37F2N5O4/c1-19-15-24(36-27(16-19)37-26-17-21(29(32)33)11-13-34-26)22-7-10-25(35-18-22)31(2,41)23-8-5-20(6-9-23)30(40)42-14-12-28(39)38(3)4/h7,10-11,13,15-18,20,23,29,41H,5-6,8-9,12,14H2,1-4H3,(H,34,36,37)/t20-,23-,31-/m1/s1. The number of hydrogen-bond acceptors (Lipinski definition) is 8. The molecule has 3 heterocycles. The molecule has 42 heavy (non-hydrogen) atoms. The third-order valence-electron chi connectivity index (χ3n) is 7.75. The number of aliphatic hydroxyl groups is 1. The van der Waals surface area contributed by atoms with Crippen molar-refractivity contribution in [3.05, 3.63) is 65.6 Å². The molecule has 0 spiro atoms. The van der Waals surface area contributed by atoms with Crippen molar-refractivity contribution in [1.29, 1.82) is 0 Å². The molecule has 3 aromatic heterocycles. The third kappa shape index (κ3) is 7.64. The summed E-state index contributed by atoms with van der Waals surface area (Å²) in [6.07, 6.45) is 3.01. The number of aryl methyl sites for hydroxylation is 1. The Balaban J connectivity index is 1.38. The van der Waals surface area contributed by atoms with E-state index in [1.54, 1.807) is 39.3 Å². The van der Waals surface area contributed by atoms with E-state index in [1.165, 1.54) is 23.2 Å². The highest BCUT2D eigenvalue weighted by Crippen LogP contribution is 2.41. The number of esters is 1. The Morgan fingerprint density at radius 3 is 2.48 bits per heavy atom. The molecule has 0 bridgehead atoms. The number of rotatable bonds is 10. The van der Waals surface area contributed by atoms with Gasteiger partial charge in [0.1, 0.15) is 23.8 Å². The molecule has 11 heteroatoms. The number of nitrogens with zero attached hydrogens (tertiary/aromatic N) is 4. The minimum atomic E-state index is -2.60. The van der Waals surface area contributed by atoms with Crippen molar-refractivity contribution in [3.8, 4) is 11.3 Å². The lowest BCUT2D eigenvalue weighted by molar-refractivity contribution is -0.152. The van der Waals surface area contributed by atoms with Crippen molar-refractivity contribution < 1.29 is 28.2 Å². The number of ether oxygens (including phenoxy) is 1. The third-order valence-corrected chi connectivity index (χ3v) is 7.75. The van der Waals surface area contributed by atoms with Gasteiger partial charge in [-0.05, 0) is 87.4 Å². The van der Waals surface area contributed by atoms with Gasteiger partial charge in [-0.2, -0.15) is 0 Å². The maximum absolute atomic E-state index is 13.1. The first-order valence-corrected chi connectivity index (χ1v) is 14.0. The summed E-state index contributed by atoms with van der Waals surface area (Å²) in [5, 5.41) is 14.5. The monoisotopic (exact) mass is 581 g/mol. The number of nitrogens with one attached hydrogen (secondary N) is 1. The zero-order valence-corrected chi connectivity index (χ0v) is 24.3. The van der Waals surface area contributed by atoms with Gasteiger partial charge >= 0.3 is 5.97 Å². The first-order valence-electron chi connectivity index (χ1n) is 14.0. The molecule has 1 aliphatic carbocycles. The zero-order valence-electron chi connectivity index (χ0n) is 24.3. The van der Waals surface area contributed by atoms with Gasteiger partial charge in [0.15, 0.2) is 0 Å². The fourth-order valence-corrected chi connectivity index (χ4v) is 5.19. The van der Waals surface area contributed by atoms with Gasteiger partial charge < -0.3 is 20.1 Å². The van der Waals surface area contributed by atoms with Crippen LogP contribution in [0.25, 0.3) is 11.3 Å². The van der Waals surface area contributed by atoms with Crippen LogP contribution in [0.2, 0.25) is 0 Å². The van der Waals surface area contributed by atoms with E-state index in [0.717, 1.165) is 11.1 Å². The molecule has 3 aromatic rings. The average Bonchev–Trinajstić information content (AvgIpc) is 2.97. The minimum Gasteiger partial charge on any atom is -0.465 e. The van der Waals surface area contributed by atoms with Crippen LogP contribution in [0.15, 0.2) is 48.8 Å². The molecule has 4 rings (SSSR count). The molecule has 0 unspecified atom stereocenters. The van der Waals surface area contributed by atoms with Gasteiger partial charge in [0, 0.05) is 37.6 Å². The Labute approximate surface area is 244 Å². The van der Waals surface area contributed by atoms with E-state index in [9.17, 15) is 23.5 Å². The summed E-state index contributed by atoms with van der Waals surface area (Å²) < 4.78 is 31.5. The second kappa shape index (κ2) is 13.3. The first kappa shape index (κ1) is 31.0. The molecule has 1 saturated carbocycles. The second-order valence-electron chi connectivity index (χ2n) is 11.1. The van der Waals surface area contributed by atoms with E-state index < -0.39 is 12.0 Å². The lowest BCUT2D eigenvalue weighted by Gasteiger charge is -2.37. The Morgan fingerprint density at radius 2 is 1.83 bits per heavy atom. The molecule has 1 aliphatic rings. The number of carbonyl (C=O) groups is 2. The average molecular weight is 582 g/mol. The Morgan fingerprint density at radius 1 is 1.10 bits per heavy atom. The maximum Gasteiger partial charge on any atom is 0.308 e. The summed E-state index contributed by atoms with van der Waals surface area (Å²) in [5.41, 5.74) is 1.47. The minimum absolute atomic E-state index is 0.0693. The number of amides is 1. The molecule has 1 fully saturated rings. The highest BCUT2D eigenvalue weighted by Gasteiger charge is 2.39. The van der Waals surface area contributed by atoms with Crippen LogP contribution in [-0.2, 0) is 19.9 Å². The fraction of sp³-hybridized carbons (Fsp3) is 0.452. The van der Waals surface area contributed by atoms with Crippen molar-refractivity contribution in [2.75, 3.05) is 26.0 Å². The summed E-state index contributed by atoms with van der Waals surface area (Å²) in [4.78, 5) is 38.9. The smallest absolute Gasteiger partial charge is 0.308 e. The van der Waals surface area contributed by atoms with Crippen LogP contribution < -0.4 is 5.32 Å². The van der Waals surface area contributed by atoms with E-state index in [0.29, 0.717) is 42.9 Å². The Kier molecular flexibility index (Phi) is 9.82. The van der Waals surface area contributed by atoms with Crippen LogP contribution in [0.5, 0.6) is 0 Å². The highest BCUT2D eigenvalue weighted by molar-refractivity contribution is 5.76. The van der Waals surface area contributed by atoms with Crippen molar-refractivity contribution in [1.82, 2.24) is 19.9 Å². The molecule has 0 aromatic carbocycles. The SMILES string of the molecule is Cc1cc(Nc2cc(C(F)F)ccn2)nc(-c2ccc([C@](C)(O)[C@H]3CC[C@H](C(=O)OCCC(=O)N(C)C)CC3)nc2)c1. The first-order chi connectivity index (χ1) is 19.9. The van der Waals surface area contributed by atoms with Crippen LogP contribution in [0.4, 0.5) is 20.4 Å². The summed E-state index contributed by atoms with van der Waals surface area (Å²) in [6, 6.07) is 9.86. The number of pyridine rings is 3. The summed E-state index contributed by atoms with van der Waals surface area (Å²) in [6.45, 7) is 3.72. The highest BCUT2D eigenvalue weighted by atomic mass is 19.3. The number of hydrogen-bond donors (Lipinski definition) is 2. The predicted molar refractivity (Wildman–Crippen MR) is 154 cm³/mol. The van der Waals surface area contributed by atoms with Gasteiger partial charge in [-0.3, -0.25) is 14.6 Å². The van der Waals surface area contributed by atoms with E-state index >= 15 is 0 Å². The van der Waals surface area contributed by atoms with Crippen LogP contribution in [-0.4, -0.2) is 57.5 Å². The lowest BCUT2D eigenvalue weighted by Crippen LogP contribution is -2.37. The number of halogens is 2. The predicted octanol–water partition coefficient (Wildman–Crippen LogP) is 5.56. The lowest BCUT2D eigenvalue weighted by atomic mass is 9.73. The number of alkyl halides is 2. The number of carbonyl (C=O) groups excluding carboxylic acids is 2. The molecular weight excluding hydrogens is 544 g/mol. The molecular formula is C31H37F2N5O4. The molecule has 224 valence electrons. The van der Waals surface area contributed by atoms with Crippen LogP contribution in [0.1, 0.15) is 62.3 Å². The summed E-state index contributed by atoms with van der Waals surface area (Å²) in [7, 11) is 3.32. The molecule has 0 saturated heterocycles. The van der Waals surface area contributed by atoms with Gasteiger partial charge in [0.25, 0.3) is 6.43 Å². The van der Waals surface area contributed by atoms with Crippen LogP contribution in [0.3, 0.4) is 0 Å². The topological polar surface area (TPSA) is 118 Å². The van der Waals surface area contributed by atoms with Crippen molar-refractivity contribution >= 4 is 23.5 Å². The van der Waals surface area contributed by atoms with E-state index in [1.807, 2.05) is 19.1 Å². The van der Waals surface area contributed by atoms with Gasteiger partial charge in [0.05, 0.1) is 23.7 Å². The van der Waals surface area contributed by atoms with Crippen molar-refractivity contribution in [2.24, 2.45) is 11.8 Å². The van der Waals surface area contributed by atoms with Crippen molar-refractivity contribution in [2.45, 2.75) is 58.0 Å².